The zero-order valence-electron chi connectivity index (χ0n) is 63.3. The Labute approximate surface area is 648 Å². The fourth-order valence-electron chi connectivity index (χ4n) is 6.78. The molecule has 0 radical (unpaired) electrons. The van der Waals surface area contributed by atoms with Gasteiger partial charge in [-0.15, -0.1) is 156 Å². The fraction of sp³-hybridized carbons (Fsp3) is 1.00. The summed E-state index contributed by atoms with van der Waals surface area (Å²) in [5.41, 5.74) is 0. The molecule has 8 atom stereocenters. The second-order valence-electron chi connectivity index (χ2n) is 23.8. The van der Waals surface area contributed by atoms with Crippen molar-refractivity contribution in [1.82, 2.24) is 51.4 Å². The van der Waals surface area contributed by atoms with Gasteiger partial charge in [-0.05, 0) is 148 Å². The van der Waals surface area contributed by atoms with Crippen molar-refractivity contribution in [3.05, 3.63) is 0 Å². The van der Waals surface area contributed by atoms with Gasteiger partial charge < -0.3 is 0 Å². The van der Waals surface area contributed by atoms with Crippen LogP contribution in [0.5, 0.6) is 0 Å². The number of alkyl halides is 3. The number of halogens is 34. The van der Waals surface area contributed by atoms with E-state index < -0.39 is 187 Å². The summed E-state index contributed by atoms with van der Waals surface area (Å²) in [5, 5.41) is 0. The number of hydrogen-bond acceptors (Lipinski definition) is 32. The van der Waals surface area contributed by atoms with Crippen LogP contribution in [0.2, 0.25) is 0 Å². The van der Waals surface area contributed by atoms with Crippen LogP contribution in [0, 0.1) is 0 Å². The lowest BCUT2D eigenvalue weighted by Crippen LogP contribution is -2.32. The third-order valence-corrected chi connectivity index (χ3v) is 61.4. The number of nitrogens with zero attached hydrogens (tertiary/aromatic N) is 32. The lowest BCUT2D eigenvalue weighted by Gasteiger charge is -2.34. The molecule has 7 aliphatic rings. The van der Waals surface area contributed by atoms with E-state index in [2.05, 4.69) is 76.8 Å². The fourth-order valence-corrected chi connectivity index (χ4v) is 54.8. The molecule has 0 spiro atoms. The molecule has 0 saturated heterocycles. The number of rotatable bonds is 16. The van der Waals surface area contributed by atoms with Crippen molar-refractivity contribution >= 4 is 163 Å². The summed E-state index contributed by atoms with van der Waals surface area (Å²) in [7, 11) is -84.4. The summed E-state index contributed by atoms with van der Waals surface area (Å²) >= 11 is 0. The van der Waals surface area contributed by atoms with E-state index in [1.54, 1.807) is 11.4 Å². The van der Waals surface area contributed by atoms with Crippen LogP contribution in [0.25, 0.3) is 0 Å². The van der Waals surface area contributed by atoms with E-state index >= 15 is 0 Å². The second kappa shape index (κ2) is 40.6. The topological polar surface area (TPSA) is 295 Å². The molecule has 0 aromatic heterocycles. The van der Waals surface area contributed by atoms with Gasteiger partial charge in [-0.2, -0.15) is 81.9 Å². The Hall–Kier alpha value is 2.01. The standard InChI is InChI=1S/C6H14F5N4P3.C6H18F3N6P3.C5H14F4N5P3.C4H12F4N5P3.C3H5F8N4P3.C3H8F5N4P3.C2H6F5N4P3/c1-5(2)15(6(3)4)18(11)13-16(7,8)12-17(9,10)14-18;1-13(2)16(7)10-17(8,14(3)4)12-18(9,11-16)15(5)6;1-5-14(4)17(9)11-15(6,7)10-16(8,12-17)13(2)3;1-12(2)15(7)9-14(5,6)10-16(8,11-15)13(3)4;1-15(2-3(4,5)6)18(11)13-16(7,8)12-17(9,10)14-18;1-3-12(2)15(8)10-13(4,5)9-14(6,7)11-15;1-11(2)14(7)9-12(3,4)8-13(5,6)10-14/h5-6H,1-4H3;1-6H3;5H2,1-4H3;1-4H3;2H2,1H3;3H2,1-2H3;1-2H3. The molecule has 7 rings (SSSR count). The van der Waals surface area contributed by atoms with Crippen LogP contribution in [0.15, 0.2) is 94.8 Å². The molecule has 0 fully saturated rings. The Balaban J connectivity index is 0.000000678. The molecule has 32 nitrogen and oxygen atoms in total. The van der Waals surface area contributed by atoms with E-state index in [9.17, 15) is 143 Å². The van der Waals surface area contributed by atoms with Crippen molar-refractivity contribution < 1.29 is 143 Å². The van der Waals surface area contributed by atoms with Gasteiger partial charge in [0.2, 0.25) is 0 Å². The van der Waals surface area contributed by atoms with Crippen molar-refractivity contribution in [2.75, 3.05) is 139 Å². The first-order valence-corrected chi connectivity index (χ1v) is 61.2. The van der Waals surface area contributed by atoms with Gasteiger partial charge in [-0.3, -0.25) is 0 Å². The molecule has 87 heteroatoms. The van der Waals surface area contributed by atoms with Gasteiger partial charge in [-0.25, -0.2) is 51.4 Å². The Morgan fingerprint density at radius 1 is 0.198 bits per heavy atom. The third kappa shape index (κ3) is 34.5. The van der Waals surface area contributed by atoms with Gasteiger partial charge in [0.1, 0.15) is 6.54 Å². The Morgan fingerprint density at radius 3 is 0.534 bits per heavy atom. The van der Waals surface area contributed by atoms with E-state index in [-0.39, 0.29) is 17.8 Å². The molecular weight excluding hydrogens is 2090 g/mol. The summed E-state index contributed by atoms with van der Waals surface area (Å²) < 4.78 is 512. The molecule has 0 aliphatic carbocycles. The molecular formula is C29H77F34N32P21. The van der Waals surface area contributed by atoms with Gasteiger partial charge in [0, 0.05) is 25.2 Å². The highest BCUT2D eigenvalue weighted by molar-refractivity contribution is 7.83. The van der Waals surface area contributed by atoms with Crippen LogP contribution >= 0.6 is 163 Å². The first kappa shape index (κ1) is 116. The minimum atomic E-state index is -5.98. The average Bonchev–Trinajstić information content (AvgIpc) is 0.754. The quantitative estimate of drug-likeness (QED) is 0.103. The maximum absolute atomic E-state index is 14.6. The van der Waals surface area contributed by atoms with Crippen LogP contribution in [-0.4, -0.2) is 209 Å². The van der Waals surface area contributed by atoms with Crippen molar-refractivity contribution in [2.45, 2.75) is 59.8 Å². The highest BCUT2D eigenvalue weighted by Crippen LogP contribution is 2.89. The van der Waals surface area contributed by atoms with Crippen molar-refractivity contribution in [1.29, 1.82) is 0 Å². The molecule has 7 aliphatic heterocycles. The van der Waals surface area contributed by atoms with Crippen molar-refractivity contribution in [3.8, 4) is 0 Å². The lowest BCUT2D eigenvalue weighted by molar-refractivity contribution is -0.134. The first-order valence-electron chi connectivity index (χ1n) is 29.6. The first-order chi connectivity index (χ1) is 50.8. The Morgan fingerprint density at radius 2 is 0.336 bits per heavy atom. The van der Waals surface area contributed by atoms with Crippen LogP contribution < -0.4 is 0 Å². The van der Waals surface area contributed by atoms with E-state index in [0.29, 0.717) is 16.4 Å². The molecule has 7 heterocycles. The molecule has 116 heavy (non-hydrogen) atoms. The van der Waals surface area contributed by atoms with Crippen LogP contribution in [-0.2, 0) is 0 Å². The zero-order chi connectivity index (χ0) is 92.5. The monoisotopic (exact) mass is 2170 g/mol. The predicted molar refractivity (Wildman–Crippen MR) is 414 cm³/mol. The molecule has 0 aromatic carbocycles. The van der Waals surface area contributed by atoms with E-state index in [4.69, 9.17) is 0 Å². The molecule has 0 amide bonds. The van der Waals surface area contributed by atoms with E-state index in [1.807, 2.05) is 13.5 Å². The Kier molecular flexibility index (Phi) is 40.6. The molecule has 0 N–H and O–H groups in total. The zero-order valence-corrected chi connectivity index (χ0v) is 82.1. The molecule has 696 valence electrons. The van der Waals surface area contributed by atoms with Crippen LogP contribution in [0.1, 0.15) is 41.5 Å². The van der Waals surface area contributed by atoms with Crippen LogP contribution in [0.4, 0.5) is 143 Å². The van der Waals surface area contributed by atoms with Gasteiger partial charge in [-0.1, -0.05) is 13.8 Å². The SMILES string of the molecule is CC(C)N(C(C)C)P1(F)=NP(F)(F)=NP(F)(F)=N1.CCN(C)P1(F)=NP(F)(F)=NP(F)(F)=N1.CCN(C)P1(F)=NP(F)(F)=NP(F)(N(C)C)=N1.CN(C)P1(F)=NP(F)(F)=NP(F)(F)=N1.CN(C)P1(F)=NP(F)(F)=NP(F)(N(C)C)=N1.CN(C)P1(F)=NP(F)(N(C)C)=NP(F)(N(C)C)=N1.CN(CC(F)(F)F)P1(F)=NP(F)(F)=NP(F)(F)=N1. The second-order valence-corrected chi connectivity index (χ2v) is 66.9. The maximum atomic E-state index is 14.6. The maximum Gasteiger partial charge on any atom is 0.424 e. The predicted octanol–water partition coefficient (Wildman–Crippen LogP) is 38.4. The van der Waals surface area contributed by atoms with Crippen molar-refractivity contribution in [3.63, 3.8) is 0 Å². The van der Waals surface area contributed by atoms with E-state index in [0.717, 1.165) is 58.5 Å². The summed E-state index contributed by atoms with van der Waals surface area (Å²) in [4.78, 5) is 0. The normalized spacial score (nSPS) is 34.6. The molecule has 0 aromatic rings. The summed E-state index contributed by atoms with van der Waals surface area (Å²) in [5.74, 6) is 0. The molecule has 0 saturated carbocycles. The smallest absolute Gasteiger partial charge is 0.232 e. The summed E-state index contributed by atoms with van der Waals surface area (Å²) in [6.45, 7) is 7.15. The average molecular weight is 2170 g/mol. The van der Waals surface area contributed by atoms with Crippen LogP contribution in [0.3, 0.4) is 0 Å². The van der Waals surface area contributed by atoms with Crippen molar-refractivity contribution in [2.24, 2.45) is 94.8 Å². The van der Waals surface area contributed by atoms with E-state index in [1.165, 1.54) is 126 Å². The van der Waals surface area contributed by atoms with Gasteiger partial charge in [0.15, 0.2) is 0 Å². The lowest BCUT2D eigenvalue weighted by atomic mass is 10.3. The van der Waals surface area contributed by atoms with Gasteiger partial charge in [0.25, 0.3) is 0 Å². The largest absolute Gasteiger partial charge is 0.424 e. The third-order valence-electron chi connectivity index (χ3n) is 12.2. The molecule has 0 bridgehead atoms. The minimum Gasteiger partial charge on any atom is -0.232 e. The highest BCUT2D eigenvalue weighted by Gasteiger charge is 2.50. The summed E-state index contributed by atoms with van der Waals surface area (Å²) in [6, 6.07) is -1.12. The Bertz CT molecular complexity index is 4770. The van der Waals surface area contributed by atoms with Gasteiger partial charge in [0.05, 0.1) is 0 Å². The number of hydrogen-bond donors (Lipinski definition) is 0. The highest BCUT2D eigenvalue weighted by atomic mass is 31.3. The molecule has 8 unspecified atom stereocenters. The minimum absolute atomic E-state index is 0.0305. The summed E-state index contributed by atoms with van der Waals surface area (Å²) in [6.07, 6.45) is -4.95. The van der Waals surface area contributed by atoms with Gasteiger partial charge >= 0.3 is 169 Å².